The van der Waals surface area contributed by atoms with Crippen LogP contribution in [0.3, 0.4) is 0 Å². The molecule has 0 fully saturated rings. The fourth-order valence-electron chi connectivity index (χ4n) is 1.66. The summed E-state index contributed by atoms with van der Waals surface area (Å²) in [7, 11) is 0. The second-order valence-corrected chi connectivity index (χ2v) is 4.57. The number of hydrogen-bond acceptors (Lipinski definition) is 2. The van der Waals surface area contributed by atoms with E-state index in [0.717, 1.165) is 12.8 Å². The highest BCUT2D eigenvalue weighted by Crippen LogP contribution is 2.42. The molecule has 1 heterocycles. The summed E-state index contributed by atoms with van der Waals surface area (Å²) in [6.45, 7) is 1.69. The number of allylic oxidation sites excluding steroid dienone is 3. The van der Waals surface area contributed by atoms with Crippen LogP contribution < -0.4 is 0 Å². The second-order valence-electron chi connectivity index (χ2n) is 3.33. The third-order valence-corrected chi connectivity index (χ3v) is 3.85. The molecule has 1 unspecified atom stereocenters. The lowest BCUT2D eigenvalue weighted by molar-refractivity contribution is -0.116. The van der Waals surface area contributed by atoms with Crippen LogP contribution >= 0.6 is 11.8 Å². The van der Waals surface area contributed by atoms with Crippen LogP contribution in [0.25, 0.3) is 0 Å². The average molecular weight is 180 g/mol. The first-order valence-corrected chi connectivity index (χ1v) is 5.21. The third kappa shape index (κ3) is 1.36. The number of Topliss-reactive ketones (excluding diaryl/α,β-unsaturated/α-hetero) is 1. The molecule has 2 aliphatic rings. The van der Waals surface area contributed by atoms with Crippen molar-refractivity contribution in [3.63, 3.8) is 0 Å². The topological polar surface area (TPSA) is 17.1 Å². The number of thioether (sulfide) groups is 1. The van der Waals surface area contributed by atoms with Gasteiger partial charge >= 0.3 is 0 Å². The van der Waals surface area contributed by atoms with Gasteiger partial charge in [-0.3, -0.25) is 4.79 Å². The monoisotopic (exact) mass is 180 g/mol. The summed E-state index contributed by atoms with van der Waals surface area (Å²) in [5.41, 5.74) is 1.50. The fraction of sp³-hybridized carbons (Fsp3) is 0.500. The maximum absolute atomic E-state index is 11.1. The molecule has 0 aromatic rings. The van der Waals surface area contributed by atoms with Crippen LogP contribution in [0, 0.1) is 0 Å². The fourth-order valence-corrected chi connectivity index (χ4v) is 2.94. The average Bonchev–Trinajstić information content (AvgIpc) is 2.46. The predicted octanol–water partition coefficient (Wildman–Crippen LogP) is 2.69. The zero-order chi connectivity index (χ0) is 8.55. The van der Waals surface area contributed by atoms with Crippen molar-refractivity contribution in [1.29, 1.82) is 0 Å². The number of carbonyl (C=O) groups excluding carboxylic acids is 1. The van der Waals surface area contributed by atoms with Gasteiger partial charge in [0, 0.05) is 4.91 Å². The van der Waals surface area contributed by atoms with Gasteiger partial charge in [0.15, 0.2) is 0 Å². The van der Waals surface area contributed by atoms with E-state index in [1.807, 2.05) is 0 Å². The summed E-state index contributed by atoms with van der Waals surface area (Å²) < 4.78 is 0. The highest BCUT2D eigenvalue weighted by Gasteiger charge is 2.27. The minimum atomic E-state index is 0.220. The molecule has 1 aliphatic carbocycles. The van der Waals surface area contributed by atoms with E-state index in [4.69, 9.17) is 0 Å². The van der Waals surface area contributed by atoms with E-state index in [1.54, 1.807) is 18.7 Å². The number of carbonyl (C=O) groups is 1. The van der Waals surface area contributed by atoms with E-state index < -0.39 is 0 Å². The van der Waals surface area contributed by atoms with Gasteiger partial charge in [0.25, 0.3) is 0 Å². The Morgan fingerprint density at radius 3 is 3.17 bits per heavy atom. The molecule has 0 aromatic heterocycles. The minimum absolute atomic E-state index is 0.220. The second kappa shape index (κ2) is 3.09. The van der Waals surface area contributed by atoms with Crippen LogP contribution in [0.2, 0.25) is 0 Å². The molecule has 1 atom stereocenters. The SMILES string of the molecule is CC(=O)C1CC2=C(C=CCC2)S1. The van der Waals surface area contributed by atoms with Gasteiger partial charge in [-0.2, -0.15) is 0 Å². The normalized spacial score (nSPS) is 27.6. The highest BCUT2D eigenvalue weighted by atomic mass is 32.2. The molecule has 0 saturated carbocycles. The summed E-state index contributed by atoms with van der Waals surface area (Å²) in [5.74, 6) is 0.322. The Morgan fingerprint density at radius 1 is 1.67 bits per heavy atom. The van der Waals surface area contributed by atoms with E-state index in [-0.39, 0.29) is 5.25 Å². The summed E-state index contributed by atoms with van der Waals surface area (Å²) in [4.78, 5) is 12.5. The molecule has 0 aromatic carbocycles. The van der Waals surface area contributed by atoms with Gasteiger partial charge in [-0.1, -0.05) is 17.7 Å². The van der Waals surface area contributed by atoms with Crippen LogP contribution in [0.15, 0.2) is 22.6 Å². The molecular weight excluding hydrogens is 168 g/mol. The van der Waals surface area contributed by atoms with Gasteiger partial charge in [-0.15, -0.1) is 11.8 Å². The van der Waals surface area contributed by atoms with Crippen molar-refractivity contribution >= 4 is 17.5 Å². The van der Waals surface area contributed by atoms with Gasteiger partial charge in [0.05, 0.1) is 5.25 Å². The van der Waals surface area contributed by atoms with Gasteiger partial charge in [-0.25, -0.2) is 0 Å². The van der Waals surface area contributed by atoms with Gasteiger partial charge in [0.2, 0.25) is 0 Å². The molecule has 0 N–H and O–H groups in total. The van der Waals surface area contributed by atoms with Gasteiger partial charge in [0.1, 0.15) is 5.78 Å². The summed E-state index contributed by atoms with van der Waals surface area (Å²) >= 11 is 1.75. The largest absolute Gasteiger partial charge is 0.299 e. The van der Waals surface area contributed by atoms with E-state index in [0.29, 0.717) is 5.78 Å². The lowest BCUT2D eigenvalue weighted by atomic mass is 10.00. The molecule has 1 aliphatic heterocycles. The Hall–Kier alpha value is -0.500. The Balaban J connectivity index is 2.12. The van der Waals surface area contributed by atoms with Crippen molar-refractivity contribution in [2.24, 2.45) is 0 Å². The van der Waals surface area contributed by atoms with Crippen molar-refractivity contribution in [1.82, 2.24) is 0 Å². The maximum Gasteiger partial charge on any atom is 0.143 e. The first kappa shape index (κ1) is 8.11. The molecule has 2 heteroatoms. The van der Waals surface area contributed by atoms with Crippen LogP contribution in [0.4, 0.5) is 0 Å². The van der Waals surface area contributed by atoms with E-state index in [2.05, 4.69) is 12.2 Å². The quantitative estimate of drug-likeness (QED) is 0.617. The van der Waals surface area contributed by atoms with Crippen LogP contribution in [0.1, 0.15) is 26.2 Å². The number of ketones is 1. The molecule has 64 valence electrons. The van der Waals surface area contributed by atoms with Gasteiger partial charge < -0.3 is 0 Å². The third-order valence-electron chi connectivity index (χ3n) is 2.38. The number of rotatable bonds is 1. The summed E-state index contributed by atoms with van der Waals surface area (Å²) in [6.07, 6.45) is 7.70. The summed E-state index contributed by atoms with van der Waals surface area (Å²) in [6, 6.07) is 0. The zero-order valence-electron chi connectivity index (χ0n) is 7.17. The van der Waals surface area contributed by atoms with Crippen molar-refractivity contribution in [2.45, 2.75) is 31.4 Å². The Morgan fingerprint density at radius 2 is 2.50 bits per heavy atom. The molecule has 0 radical (unpaired) electrons. The minimum Gasteiger partial charge on any atom is -0.299 e. The molecule has 2 rings (SSSR count). The first-order valence-electron chi connectivity index (χ1n) is 4.33. The van der Waals surface area contributed by atoms with Crippen molar-refractivity contribution < 1.29 is 4.79 Å². The molecule has 0 bridgehead atoms. The van der Waals surface area contributed by atoms with E-state index >= 15 is 0 Å². The van der Waals surface area contributed by atoms with Crippen molar-refractivity contribution in [2.75, 3.05) is 0 Å². The smallest absolute Gasteiger partial charge is 0.143 e. The van der Waals surface area contributed by atoms with Crippen LogP contribution in [-0.4, -0.2) is 11.0 Å². The van der Waals surface area contributed by atoms with Crippen molar-refractivity contribution in [3.8, 4) is 0 Å². The maximum atomic E-state index is 11.1. The highest BCUT2D eigenvalue weighted by molar-refractivity contribution is 8.04. The van der Waals surface area contributed by atoms with E-state index in [1.165, 1.54) is 16.9 Å². The predicted molar refractivity (Wildman–Crippen MR) is 52.1 cm³/mol. The van der Waals surface area contributed by atoms with Gasteiger partial charge in [-0.05, 0) is 26.2 Å². The standard InChI is InChI=1S/C10H12OS/c1-7(11)10-6-8-4-2-3-5-9(8)12-10/h3,5,10H,2,4,6H2,1H3. The summed E-state index contributed by atoms with van der Waals surface area (Å²) in [5, 5.41) is 0.220. The molecule has 12 heavy (non-hydrogen) atoms. The molecular formula is C10H12OS. The van der Waals surface area contributed by atoms with Crippen LogP contribution in [0.5, 0.6) is 0 Å². The Bertz CT molecular complexity index is 276. The zero-order valence-corrected chi connectivity index (χ0v) is 7.99. The molecule has 0 amide bonds. The Labute approximate surface area is 76.9 Å². The lowest BCUT2D eigenvalue weighted by Crippen LogP contribution is -2.09. The van der Waals surface area contributed by atoms with Crippen LogP contribution in [-0.2, 0) is 4.79 Å². The number of hydrogen-bond donors (Lipinski definition) is 0. The Kier molecular flexibility index (Phi) is 2.09. The molecule has 0 spiro atoms. The first-order chi connectivity index (χ1) is 5.77. The molecule has 0 saturated heterocycles. The van der Waals surface area contributed by atoms with E-state index in [9.17, 15) is 4.79 Å². The lowest BCUT2D eigenvalue weighted by Gasteiger charge is -2.04. The molecule has 1 nitrogen and oxygen atoms in total. The van der Waals surface area contributed by atoms with Crippen molar-refractivity contribution in [3.05, 3.63) is 22.6 Å².